The zero-order chi connectivity index (χ0) is 14.1. The quantitative estimate of drug-likeness (QED) is 0.707. The first-order valence-electron chi connectivity index (χ1n) is 7.20. The van der Waals surface area contributed by atoms with Gasteiger partial charge in [0.1, 0.15) is 0 Å². The van der Waals surface area contributed by atoms with Gasteiger partial charge in [-0.3, -0.25) is 4.79 Å². The lowest BCUT2D eigenvalue weighted by Gasteiger charge is -2.16. The normalized spacial score (nSPS) is 12.2. The summed E-state index contributed by atoms with van der Waals surface area (Å²) >= 11 is 0. The number of hydrogen-bond acceptors (Lipinski definition) is 2. The van der Waals surface area contributed by atoms with Crippen LogP contribution in [0.5, 0.6) is 0 Å². The Morgan fingerprint density at radius 2 is 1.89 bits per heavy atom. The molecule has 3 heteroatoms. The van der Waals surface area contributed by atoms with Crippen LogP contribution in [0.4, 0.5) is 0 Å². The van der Waals surface area contributed by atoms with E-state index in [9.17, 15) is 4.79 Å². The molecule has 0 fully saturated rings. The predicted octanol–water partition coefficient (Wildman–Crippen LogP) is 3.08. The maximum absolute atomic E-state index is 11.8. The molecular weight excluding hydrogens is 236 g/mol. The summed E-state index contributed by atoms with van der Waals surface area (Å²) in [5, 5.41) is 3.06. The number of hydrogen-bond donors (Lipinski definition) is 2. The molecule has 0 unspecified atom stereocenters. The Kier molecular flexibility index (Phi) is 7.19. The molecule has 0 heterocycles. The molecule has 3 N–H and O–H groups in total. The highest BCUT2D eigenvalue weighted by molar-refractivity contribution is 5.76. The number of nitrogens with one attached hydrogen (secondary N) is 1. The first-order valence-corrected chi connectivity index (χ1v) is 7.20. The van der Waals surface area contributed by atoms with Crippen molar-refractivity contribution in [3.05, 3.63) is 35.4 Å². The van der Waals surface area contributed by atoms with Crippen LogP contribution < -0.4 is 11.1 Å². The van der Waals surface area contributed by atoms with Crippen molar-refractivity contribution >= 4 is 5.91 Å². The minimum Gasteiger partial charge on any atom is -0.350 e. The molecule has 1 amide bonds. The molecule has 1 aromatic carbocycles. The first-order chi connectivity index (χ1) is 9.15. The average Bonchev–Trinajstić information content (AvgIpc) is 2.39. The van der Waals surface area contributed by atoms with E-state index in [1.165, 1.54) is 11.1 Å². The topological polar surface area (TPSA) is 55.1 Å². The second kappa shape index (κ2) is 8.70. The third-order valence-electron chi connectivity index (χ3n) is 3.39. The van der Waals surface area contributed by atoms with Crippen LogP contribution >= 0.6 is 0 Å². The predicted molar refractivity (Wildman–Crippen MR) is 79.9 cm³/mol. The van der Waals surface area contributed by atoms with Gasteiger partial charge < -0.3 is 11.1 Å². The van der Waals surface area contributed by atoms with Crippen molar-refractivity contribution in [2.24, 2.45) is 5.73 Å². The van der Waals surface area contributed by atoms with E-state index in [0.29, 0.717) is 6.42 Å². The molecule has 0 aliphatic heterocycles. The lowest BCUT2D eigenvalue weighted by atomic mass is 10.0. The second-order valence-corrected chi connectivity index (χ2v) is 5.10. The monoisotopic (exact) mass is 262 g/mol. The van der Waals surface area contributed by atoms with Crippen LogP contribution in [0.15, 0.2) is 24.3 Å². The van der Waals surface area contributed by atoms with Crippen molar-refractivity contribution < 1.29 is 4.79 Å². The van der Waals surface area contributed by atoms with Crippen LogP contribution in [0.25, 0.3) is 0 Å². The standard InChI is InChI=1S/C16H26N2O/c1-13-9-6-7-10-15(13)14(2)18-16(19)11-5-3-4-8-12-17/h6-7,9-10,14H,3-5,8,11-12,17H2,1-2H3,(H,18,19)/t14-/m0/s1. The zero-order valence-electron chi connectivity index (χ0n) is 12.1. The van der Waals surface area contributed by atoms with Crippen LogP contribution in [0.2, 0.25) is 0 Å². The number of unbranched alkanes of at least 4 members (excludes halogenated alkanes) is 3. The summed E-state index contributed by atoms with van der Waals surface area (Å²) in [4.78, 5) is 11.8. The van der Waals surface area contributed by atoms with Crippen molar-refractivity contribution in [3.8, 4) is 0 Å². The Morgan fingerprint density at radius 3 is 2.58 bits per heavy atom. The Bertz CT molecular complexity index is 390. The number of rotatable bonds is 8. The minimum absolute atomic E-state index is 0.0812. The molecule has 19 heavy (non-hydrogen) atoms. The van der Waals surface area contributed by atoms with E-state index in [1.807, 2.05) is 19.1 Å². The molecule has 0 bridgehead atoms. The van der Waals surface area contributed by atoms with Gasteiger partial charge in [-0.25, -0.2) is 0 Å². The summed E-state index contributed by atoms with van der Waals surface area (Å²) in [5.41, 5.74) is 7.85. The van der Waals surface area contributed by atoms with Gasteiger partial charge in [-0.1, -0.05) is 37.1 Å². The molecule has 1 rings (SSSR count). The fraction of sp³-hybridized carbons (Fsp3) is 0.562. The smallest absolute Gasteiger partial charge is 0.220 e. The number of aryl methyl sites for hydroxylation is 1. The summed E-state index contributed by atoms with van der Waals surface area (Å²) in [5.74, 6) is 0.142. The van der Waals surface area contributed by atoms with Crippen LogP contribution in [0.1, 0.15) is 56.2 Å². The lowest BCUT2D eigenvalue weighted by Crippen LogP contribution is -2.26. The van der Waals surface area contributed by atoms with Gasteiger partial charge in [0.25, 0.3) is 0 Å². The molecule has 0 saturated carbocycles. The van der Waals surface area contributed by atoms with E-state index >= 15 is 0 Å². The average molecular weight is 262 g/mol. The van der Waals surface area contributed by atoms with Gasteiger partial charge in [0.2, 0.25) is 5.91 Å². The summed E-state index contributed by atoms with van der Waals surface area (Å²) in [6.45, 7) is 4.86. The Balaban J connectivity index is 2.30. The summed E-state index contributed by atoms with van der Waals surface area (Å²) in [6, 6.07) is 8.26. The molecule has 1 atom stereocenters. The second-order valence-electron chi connectivity index (χ2n) is 5.10. The van der Waals surface area contributed by atoms with Gasteiger partial charge in [-0.2, -0.15) is 0 Å². The van der Waals surface area contributed by atoms with Gasteiger partial charge in [0, 0.05) is 6.42 Å². The van der Waals surface area contributed by atoms with E-state index in [0.717, 1.165) is 32.2 Å². The van der Waals surface area contributed by atoms with E-state index in [1.54, 1.807) is 0 Å². The van der Waals surface area contributed by atoms with Gasteiger partial charge >= 0.3 is 0 Å². The van der Waals surface area contributed by atoms with Crippen molar-refractivity contribution in [2.45, 2.75) is 52.0 Å². The number of benzene rings is 1. The molecule has 0 aromatic heterocycles. The third kappa shape index (κ3) is 5.88. The highest BCUT2D eigenvalue weighted by Crippen LogP contribution is 2.16. The van der Waals surface area contributed by atoms with E-state index in [-0.39, 0.29) is 11.9 Å². The van der Waals surface area contributed by atoms with Gasteiger partial charge in [-0.15, -0.1) is 0 Å². The van der Waals surface area contributed by atoms with Crippen LogP contribution in [-0.4, -0.2) is 12.5 Å². The molecule has 0 aliphatic rings. The van der Waals surface area contributed by atoms with E-state index in [4.69, 9.17) is 5.73 Å². The van der Waals surface area contributed by atoms with Gasteiger partial charge in [-0.05, 0) is 44.4 Å². The summed E-state index contributed by atoms with van der Waals surface area (Å²) < 4.78 is 0. The molecule has 3 nitrogen and oxygen atoms in total. The van der Waals surface area contributed by atoms with Crippen molar-refractivity contribution in [2.75, 3.05) is 6.54 Å². The summed E-state index contributed by atoms with van der Waals surface area (Å²) in [6.07, 6.45) is 4.83. The molecule has 106 valence electrons. The highest BCUT2D eigenvalue weighted by Gasteiger charge is 2.10. The SMILES string of the molecule is Cc1ccccc1[C@H](C)NC(=O)CCCCCCN. The molecule has 1 aromatic rings. The maximum Gasteiger partial charge on any atom is 0.220 e. The van der Waals surface area contributed by atoms with Gasteiger partial charge in [0.15, 0.2) is 0 Å². The Morgan fingerprint density at radius 1 is 1.21 bits per heavy atom. The molecule has 0 aliphatic carbocycles. The van der Waals surface area contributed by atoms with Crippen LogP contribution in [-0.2, 0) is 4.79 Å². The zero-order valence-corrected chi connectivity index (χ0v) is 12.1. The van der Waals surface area contributed by atoms with Crippen LogP contribution in [0.3, 0.4) is 0 Å². The van der Waals surface area contributed by atoms with Crippen molar-refractivity contribution in [3.63, 3.8) is 0 Å². The van der Waals surface area contributed by atoms with E-state index < -0.39 is 0 Å². The number of carbonyl (C=O) groups excluding carboxylic acids is 1. The highest BCUT2D eigenvalue weighted by atomic mass is 16.1. The maximum atomic E-state index is 11.8. The number of amides is 1. The van der Waals surface area contributed by atoms with Gasteiger partial charge in [0.05, 0.1) is 6.04 Å². The molecular formula is C16H26N2O. The minimum atomic E-state index is 0.0812. The third-order valence-corrected chi connectivity index (χ3v) is 3.39. The Hall–Kier alpha value is -1.35. The Labute approximate surface area is 116 Å². The fourth-order valence-corrected chi connectivity index (χ4v) is 2.25. The number of nitrogens with two attached hydrogens (primary N) is 1. The largest absolute Gasteiger partial charge is 0.350 e. The van der Waals surface area contributed by atoms with E-state index in [2.05, 4.69) is 24.4 Å². The molecule has 0 saturated heterocycles. The molecule has 0 radical (unpaired) electrons. The molecule has 0 spiro atoms. The lowest BCUT2D eigenvalue weighted by molar-refractivity contribution is -0.121. The fourth-order valence-electron chi connectivity index (χ4n) is 2.25. The number of carbonyl (C=O) groups is 1. The van der Waals surface area contributed by atoms with Crippen LogP contribution in [0, 0.1) is 6.92 Å². The summed E-state index contributed by atoms with van der Waals surface area (Å²) in [7, 11) is 0. The van der Waals surface area contributed by atoms with Crippen molar-refractivity contribution in [1.82, 2.24) is 5.32 Å². The first kappa shape index (κ1) is 15.7. The van der Waals surface area contributed by atoms with Crippen molar-refractivity contribution in [1.29, 1.82) is 0 Å².